The largest absolute Gasteiger partial charge is 0.465 e. The van der Waals surface area contributed by atoms with Crippen LogP contribution in [-0.4, -0.2) is 68.3 Å². The minimum Gasteiger partial charge on any atom is -0.465 e. The van der Waals surface area contributed by atoms with Crippen LogP contribution in [0.4, 0.5) is 0 Å². The molecule has 0 unspecified atom stereocenters. The summed E-state index contributed by atoms with van der Waals surface area (Å²) in [6.07, 6.45) is 0.962. The van der Waals surface area contributed by atoms with Crippen molar-refractivity contribution >= 4 is 22.6 Å². The van der Waals surface area contributed by atoms with Crippen molar-refractivity contribution in [3.05, 3.63) is 0 Å². The number of rotatable bonds is 15. The van der Waals surface area contributed by atoms with Crippen LogP contribution < -0.4 is 0 Å². The van der Waals surface area contributed by atoms with Crippen LogP contribution in [0.1, 0.15) is 89.0 Å². The zero-order valence-electron chi connectivity index (χ0n) is 28.2. The second-order valence-electron chi connectivity index (χ2n) is 15.5. The Morgan fingerprint density at radius 2 is 1.08 bits per heavy atom. The van der Waals surface area contributed by atoms with E-state index in [1.165, 1.54) is 0 Å². The fourth-order valence-electron chi connectivity index (χ4n) is 3.57. The monoisotopic (exact) mass is 576 g/mol. The molecule has 0 saturated carbocycles. The van der Waals surface area contributed by atoms with Gasteiger partial charge in [-0.05, 0) is 81.7 Å². The lowest BCUT2D eigenvalue weighted by atomic mass is 9.93. The molecule has 0 aromatic carbocycles. The summed E-state index contributed by atoms with van der Waals surface area (Å²) in [5.41, 5.74) is -0.516. The fraction of sp³-hybridized carbons (Fsp3) is 0.967. The molecule has 0 amide bonds. The molecule has 0 spiro atoms. The number of hydrogen-bond donors (Lipinski definition) is 0. The van der Waals surface area contributed by atoms with Crippen molar-refractivity contribution in [3.63, 3.8) is 0 Å². The second-order valence-corrected chi connectivity index (χ2v) is 25.1. The normalized spacial score (nSPS) is 18.0. The Labute approximate surface area is 238 Å². The second kappa shape index (κ2) is 14.6. The van der Waals surface area contributed by atoms with Gasteiger partial charge in [0, 0.05) is 20.8 Å². The van der Waals surface area contributed by atoms with Crippen LogP contribution in [0.15, 0.2) is 0 Å². The lowest BCUT2D eigenvalue weighted by molar-refractivity contribution is -0.155. The molecule has 0 rings (SSSR count). The van der Waals surface area contributed by atoms with Crippen molar-refractivity contribution in [3.8, 4) is 0 Å². The van der Waals surface area contributed by atoms with Gasteiger partial charge in [-0.25, -0.2) is 0 Å². The number of esters is 1. The third-order valence-electron chi connectivity index (χ3n) is 8.49. The predicted octanol–water partition coefficient (Wildman–Crippen LogP) is 8.07. The maximum atomic E-state index is 12.3. The van der Waals surface area contributed by atoms with Crippen LogP contribution in [0, 0.1) is 17.3 Å². The van der Waals surface area contributed by atoms with Gasteiger partial charge in [0.2, 0.25) is 0 Å². The van der Waals surface area contributed by atoms with Gasteiger partial charge in [0.15, 0.2) is 16.6 Å². The highest BCUT2D eigenvalue weighted by Crippen LogP contribution is 2.40. The third kappa shape index (κ3) is 12.1. The van der Waals surface area contributed by atoms with Crippen LogP contribution in [0.2, 0.25) is 36.3 Å². The minimum atomic E-state index is -2.13. The van der Waals surface area contributed by atoms with Crippen LogP contribution >= 0.6 is 0 Å². The lowest BCUT2D eigenvalue weighted by Crippen LogP contribution is -2.53. The smallest absolute Gasteiger partial charge is 0.311 e. The molecule has 38 heavy (non-hydrogen) atoms. The first kappa shape index (κ1) is 37.7. The quantitative estimate of drug-likeness (QED) is 0.145. The van der Waals surface area contributed by atoms with Crippen molar-refractivity contribution in [2.75, 3.05) is 27.4 Å². The fourth-order valence-corrected chi connectivity index (χ4v) is 6.04. The average Bonchev–Trinajstić information content (AvgIpc) is 2.74. The molecule has 5 atom stereocenters. The van der Waals surface area contributed by atoms with Crippen LogP contribution in [-0.2, 0) is 27.9 Å². The molecule has 6 nitrogen and oxygen atoms in total. The molecule has 0 aliphatic rings. The lowest BCUT2D eigenvalue weighted by Gasteiger charge is -2.44. The van der Waals surface area contributed by atoms with Gasteiger partial charge >= 0.3 is 5.97 Å². The Morgan fingerprint density at radius 1 is 0.684 bits per heavy atom. The summed E-state index contributed by atoms with van der Waals surface area (Å²) in [5, 5.41) is 0.224. The van der Waals surface area contributed by atoms with Crippen LogP contribution in [0.25, 0.3) is 0 Å². The summed E-state index contributed by atoms with van der Waals surface area (Å²) in [6, 6.07) is 0. The molecule has 0 aliphatic carbocycles. The Hall–Kier alpha value is -0.256. The standard InChI is InChI=1S/C30H64O6Si2/c1-22(20-34-27(31)28(3,4)5)18-24(32-12)26(36-38(16,17)30(9,10)11)25(33-13)19-23(2)21-35-37(14,15)29(6,7)8/h22-26H,18-21H2,1-17H3/t22-,23-,24+,25+,26-/m1/s1. The summed E-state index contributed by atoms with van der Waals surface area (Å²) < 4.78 is 31.4. The maximum absolute atomic E-state index is 12.3. The Morgan fingerprint density at radius 3 is 1.42 bits per heavy atom. The van der Waals surface area contributed by atoms with Gasteiger partial charge in [0.1, 0.15) is 0 Å². The molecule has 0 aliphatic heterocycles. The van der Waals surface area contributed by atoms with Crippen molar-refractivity contribution in [2.24, 2.45) is 17.3 Å². The van der Waals surface area contributed by atoms with E-state index in [-0.39, 0.29) is 40.3 Å². The molecule has 0 saturated heterocycles. The van der Waals surface area contributed by atoms with E-state index < -0.39 is 22.0 Å². The summed E-state index contributed by atoms with van der Waals surface area (Å²) >= 11 is 0. The van der Waals surface area contributed by atoms with Gasteiger partial charge in [-0.3, -0.25) is 4.79 Å². The molecule has 0 aromatic rings. The summed E-state index contributed by atoms with van der Waals surface area (Å²) in [7, 11) is -0.445. The van der Waals surface area contributed by atoms with Crippen molar-refractivity contribution in [2.45, 2.75) is 144 Å². The third-order valence-corrected chi connectivity index (χ3v) is 17.5. The molecule has 0 aromatic heterocycles. The summed E-state index contributed by atoms with van der Waals surface area (Å²) in [5.74, 6) is 0.244. The number of ether oxygens (including phenoxy) is 3. The highest BCUT2D eigenvalue weighted by molar-refractivity contribution is 6.74. The van der Waals surface area contributed by atoms with Crippen LogP contribution in [0.3, 0.4) is 0 Å². The van der Waals surface area contributed by atoms with Gasteiger partial charge in [0.05, 0.1) is 30.3 Å². The van der Waals surface area contributed by atoms with E-state index in [1.807, 2.05) is 20.8 Å². The summed E-state index contributed by atoms with van der Waals surface area (Å²) in [6.45, 7) is 33.8. The molecule has 0 heterocycles. The Balaban J connectivity index is 5.81. The zero-order valence-corrected chi connectivity index (χ0v) is 30.2. The van der Waals surface area contributed by atoms with Gasteiger partial charge in [0.25, 0.3) is 0 Å². The van der Waals surface area contributed by atoms with E-state index in [0.29, 0.717) is 25.6 Å². The molecule has 228 valence electrons. The van der Waals surface area contributed by atoms with Crippen molar-refractivity contribution < 1.29 is 27.9 Å². The molecule has 0 radical (unpaired) electrons. The van der Waals surface area contributed by atoms with Crippen LogP contribution in [0.5, 0.6) is 0 Å². The van der Waals surface area contributed by atoms with E-state index in [2.05, 4.69) is 81.6 Å². The van der Waals surface area contributed by atoms with E-state index in [0.717, 1.165) is 6.42 Å². The number of carbonyl (C=O) groups is 1. The van der Waals surface area contributed by atoms with Gasteiger partial charge in [-0.15, -0.1) is 0 Å². The van der Waals surface area contributed by atoms with E-state index in [4.69, 9.17) is 23.1 Å². The molecule has 8 heteroatoms. The van der Waals surface area contributed by atoms with Crippen molar-refractivity contribution in [1.29, 1.82) is 0 Å². The average molecular weight is 577 g/mol. The predicted molar refractivity (Wildman–Crippen MR) is 165 cm³/mol. The van der Waals surface area contributed by atoms with Gasteiger partial charge in [-0.1, -0.05) is 55.4 Å². The highest BCUT2D eigenvalue weighted by Gasteiger charge is 2.44. The molecular weight excluding hydrogens is 512 g/mol. The molecule has 0 bridgehead atoms. The van der Waals surface area contributed by atoms with Gasteiger partial charge < -0.3 is 23.1 Å². The van der Waals surface area contributed by atoms with Crippen molar-refractivity contribution in [1.82, 2.24) is 0 Å². The van der Waals surface area contributed by atoms with E-state index in [1.54, 1.807) is 14.2 Å². The maximum Gasteiger partial charge on any atom is 0.311 e. The molecule has 0 N–H and O–H groups in total. The Bertz CT molecular complexity index is 703. The first-order valence-corrected chi connectivity index (χ1v) is 20.3. The molecular formula is C30H64O6Si2. The first-order valence-electron chi connectivity index (χ1n) is 14.4. The topological polar surface area (TPSA) is 63.2 Å². The number of carbonyl (C=O) groups excluding carboxylic acids is 1. The van der Waals surface area contributed by atoms with E-state index >= 15 is 0 Å². The first-order chi connectivity index (χ1) is 16.9. The molecule has 0 fully saturated rings. The van der Waals surface area contributed by atoms with Gasteiger partial charge in [-0.2, -0.15) is 0 Å². The SMILES string of the molecule is CO[C@@H](C[C@@H](C)COC(=O)C(C)(C)C)[C@@H](O[Si](C)(C)C(C)(C)C)[C@H](C[C@@H](C)CO[Si](C)(C)C(C)(C)C)OC. The number of hydrogen-bond acceptors (Lipinski definition) is 6. The minimum absolute atomic E-state index is 0.0484. The summed E-state index contributed by atoms with van der Waals surface area (Å²) in [4.78, 5) is 12.3. The Kier molecular flexibility index (Phi) is 14.5. The highest BCUT2D eigenvalue weighted by atomic mass is 28.4. The van der Waals surface area contributed by atoms with E-state index in [9.17, 15) is 4.79 Å². The zero-order chi connectivity index (χ0) is 30.3. The number of methoxy groups -OCH3 is 2.